The number of benzene rings is 2. The molecule has 1 fully saturated rings. The van der Waals surface area contributed by atoms with E-state index >= 15 is 0 Å². The molecule has 0 unspecified atom stereocenters. The first-order valence-corrected chi connectivity index (χ1v) is 10.0. The number of halogens is 2. The van der Waals surface area contributed by atoms with Gasteiger partial charge in [0.05, 0.1) is 22.3 Å². The van der Waals surface area contributed by atoms with Crippen molar-refractivity contribution >= 4 is 52.2 Å². The van der Waals surface area contributed by atoms with Crippen LogP contribution in [-0.4, -0.2) is 56.6 Å². The van der Waals surface area contributed by atoms with E-state index in [9.17, 15) is 9.59 Å². The molecule has 2 aromatic carbocycles. The van der Waals surface area contributed by atoms with Crippen LogP contribution < -0.4 is 20.9 Å². The fourth-order valence-electron chi connectivity index (χ4n) is 3.09. The van der Waals surface area contributed by atoms with Gasteiger partial charge in [0.1, 0.15) is 0 Å². The van der Waals surface area contributed by atoms with Crippen LogP contribution in [0, 0.1) is 0 Å². The Labute approximate surface area is 180 Å². The predicted molar refractivity (Wildman–Crippen MR) is 118 cm³/mol. The Hall–Kier alpha value is -2.48. The number of hydrogen-bond acceptors (Lipinski definition) is 4. The van der Waals surface area contributed by atoms with E-state index in [0.29, 0.717) is 41.9 Å². The molecule has 3 amide bonds. The summed E-state index contributed by atoms with van der Waals surface area (Å²) in [6.45, 7) is 2.83. The summed E-state index contributed by atoms with van der Waals surface area (Å²) >= 11 is 12.2. The lowest BCUT2D eigenvalue weighted by atomic mass is 10.2. The molecule has 1 aliphatic heterocycles. The van der Waals surface area contributed by atoms with Gasteiger partial charge in [0.15, 0.2) is 0 Å². The Morgan fingerprint density at radius 1 is 0.931 bits per heavy atom. The molecule has 3 N–H and O–H groups in total. The summed E-state index contributed by atoms with van der Waals surface area (Å²) in [5, 5.41) is 9.25. The normalized spacial score (nSPS) is 13.9. The highest BCUT2D eigenvalue weighted by molar-refractivity contribution is 6.39. The SMILES string of the molecule is CNCC(=O)Nc1ccc(N2CCN(C(=O)Nc3c(Cl)cccc3Cl)CC2)cc1. The van der Waals surface area contributed by atoms with E-state index in [1.807, 2.05) is 24.3 Å². The molecule has 9 heteroatoms. The van der Waals surface area contributed by atoms with Gasteiger partial charge in [-0.05, 0) is 43.4 Å². The molecule has 0 bridgehead atoms. The smallest absolute Gasteiger partial charge is 0.322 e. The van der Waals surface area contributed by atoms with Crippen LogP contribution >= 0.6 is 23.2 Å². The quantitative estimate of drug-likeness (QED) is 0.671. The summed E-state index contributed by atoms with van der Waals surface area (Å²) in [5.74, 6) is -0.0847. The number of carbonyl (C=O) groups excluding carboxylic acids is 2. The van der Waals surface area contributed by atoms with E-state index in [1.54, 1.807) is 30.1 Å². The third-order valence-corrected chi connectivity index (χ3v) is 5.25. The largest absolute Gasteiger partial charge is 0.368 e. The van der Waals surface area contributed by atoms with Crippen molar-refractivity contribution in [3.63, 3.8) is 0 Å². The number of carbonyl (C=O) groups is 2. The molecule has 1 aliphatic rings. The molecule has 0 spiro atoms. The zero-order valence-corrected chi connectivity index (χ0v) is 17.6. The highest BCUT2D eigenvalue weighted by atomic mass is 35.5. The van der Waals surface area contributed by atoms with E-state index in [1.165, 1.54) is 0 Å². The van der Waals surface area contributed by atoms with Crippen LogP contribution in [0.25, 0.3) is 0 Å². The second-order valence-corrected chi connectivity index (χ2v) is 7.44. The number of para-hydroxylation sites is 1. The first-order chi connectivity index (χ1) is 14.0. The van der Waals surface area contributed by atoms with Gasteiger partial charge in [-0.15, -0.1) is 0 Å². The first kappa shape index (κ1) is 21.2. The van der Waals surface area contributed by atoms with Gasteiger partial charge in [-0.1, -0.05) is 29.3 Å². The monoisotopic (exact) mass is 435 g/mol. The Morgan fingerprint density at radius 2 is 1.55 bits per heavy atom. The fraction of sp³-hybridized carbons (Fsp3) is 0.300. The van der Waals surface area contributed by atoms with Crippen LogP contribution in [0.5, 0.6) is 0 Å². The number of amides is 3. The summed E-state index contributed by atoms with van der Waals surface area (Å²) in [6.07, 6.45) is 0. The van der Waals surface area contributed by atoms with Crippen LogP contribution in [0.2, 0.25) is 10.0 Å². The second kappa shape index (κ2) is 9.82. The number of urea groups is 1. The van der Waals surface area contributed by atoms with Crippen LogP contribution in [-0.2, 0) is 4.79 Å². The van der Waals surface area contributed by atoms with E-state index in [4.69, 9.17) is 23.2 Å². The van der Waals surface area contributed by atoms with E-state index in [2.05, 4.69) is 20.9 Å². The predicted octanol–water partition coefficient (Wildman–Crippen LogP) is 3.51. The minimum atomic E-state index is -0.220. The third-order valence-electron chi connectivity index (χ3n) is 4.62. The second-order valence-electron chi connectivity index (χ2n) is 6.63. The van der Waals surface area contributed by atoms with Gasteiger partial charge in [-0.2, -0.15) is 0 Å². The van der Waals surface area contributed by atoms with Gasteiger partial charge in [0.2, 0.25) is 5.91 Å². The van der Waals surface area contributed by atoms with Crippen molar-refractivity contribution in [2.45, 2.75) is 0 Å². The maximum absolute atomic E-state index is 12.5. The fourth-order valence-corrected chi connectivity index (χ4v) is 3.58. The first-order valence-electron chi connectivity index (χ1n) is 9.27. The Balaban J connectivity index is 1.53. The van der Waals surface area contributed by atoms with Crippen LogP contribution in [0.3, 0.4) is 0 Å². The highest BCUT2D eigenvalue weighted by Gasteiger charge is 2.22. The zero-order valence-electron chi connectivity index (χ0n) is 16.0. The number of nitrogens with one attached hydrogen (secondary N) is 3. The van der Waals surface area contributed by atoms with Crippen molar-refractivity contribution in [3.8, 4) is 0 Å². The third kappa shape index (κ3) is 5.53. The van der Waals surface area contributed by atoms with Gasteiger partial charge in [-0.25, -0.2) is 4.79 Å². The van der Waals surface area contributed by atoms with Crippen molar-refractivity contribution in [1.29, 1.82) is 0 Å². The Morgan fingerprint density at radius 3 is 2.14 bits per heavy atom. The van der Waals surface area contributed by atoms with Gasteiger partial charge in [0, 0.05) is 37.6 Å². The minimum absolute atomic E-state index is 0.0847. The van der Waals surface area contributed by atoms with Crippen LogP contribution in [0.15, 0.2) is 42.5 Å². The summed E-state index contributed by atoms with van der Waals surface area (Å²) in [6, 6.07) is 12.6. The molecule has 3 rings (SSSR count). The zero-order chi connectivity index (χ0) is 20.8. The summed E-state index contributed by atoms with van der Waals surface area (Å²) in [4.78, 5) is 28.1. The molecule has 154 valence electrons. The molecule has 0 atom stereocenters. The standard InChI is InChI=1S/C20H23Cl2N5O2/c1-23-13-18(28)24-14-5-7-15(8-6-14)26-9-11-27(12-10-26)20(29)25-19-16(21)3-2-4-17(19)22/h2-8,23H,9-13H2,1H3,(H,24,28)(H,25,29). The van der Waals surface area contributed by atoms with Crippen LogP contribution in [0.1, 0.15) is 0 Å². The van der Waals surface area contributed by atoms with E-state index in [-0.39, 0.29) is 18.5 Å². The van der Waals surface area contributed by atoms with Crippen molar-refractivity contribution in [1.82, 2.24) is 10.2 Å². The molecule has 29 heavy (non-hydrogen) atoms. The lowest BCUT2D eigenvalue weighted by Crippen LogP contribution is -2.50. The van der Waals surface area contributed by atoms with E-state index < -0.39 is 0 Å². The molecule has 0 aromatic heterocycles. The van der Waals surface area contributed by atoms with Gasteiger partial charge < -0.3 is 25.8 Å². The van der Waals surface area contributed by atoms with Crippen LogP contribution in [0.4, 0.5) is 21.9 Å². The number of nitrogens with zero attached hydrogens (tertiary/aromatic N) is 2. The lowest BCUT2D eigenvalue weighted by molar-refractivity contribution is -0.115. The average molecular weight is 436 g/mol. The number of anilines is 3. The number of likely N-dealkylation sites (N-methyl/N-ethyl adjacent to an activating group) is 1. The molecule has 1 saturated heterocycles. The molecule has 1 heterocycles. The summed E-state index contributed by atoms with van der Waals surface area (Å²) in [7, 11) is 1.73. The lowest BCUT2D eigenvalue weighted by Gasteiger charge is -2.36. The van der Waals surface area contributed by atoms with E-state index in [0.717, 1.165) is 11.4 Å². The summed E-state index contributed by atoms with van der Waals surface area (Å²) < 4.78 is 0. The summed E-state index contributed by atoms with van der Waals surface area (Å²) in [5.41, 5.74) is 2.23. The molecule has 0 aliphatic carbocycles. The van der Waals surface area contributed by atoms with Gasteiger partial charge in [-0.3, -0.25) is 4.79 Å². The molecule has 0 saturated carbocycles. The van der Waals surface area contributed by atoms with Crippen molar-refractivity contribution < 1.29 is 9.59 Å². The average Bonchev–Trinajstić information content (AvgIpc) is 2.71. The molecule has 2 aromatic rings. The minimum Gasteiger partial charge on any atom is -0.368 e. The Kier molecular flexibility index (Phi) is 7.19. The van der Waals surface area contributed by atoms with Gasteiger partial charge >= 0.3 is 6.03 Å². The van der Waals surface area contributed by atoms with Gasteiger partial charge in [0.25, 0.3) is 0 Å². The topological polar surface area (TPSA) is 76.7 Å². The molecule has 0 radical (unpaired) electrons. The van der Waals surface area contributed by atoms with Crippen molar-refractivity contribution in [2.24, 2.45) is 0 Å². The number of rotatable bonds is 5. The highest BCUT2D eigenvalue weighted by Crippen LogP contribution is 2.30. The number of piperazine rings is 1. The molecular formula is C20H23Cl2N5O2. The maximum atomic E-state index is 12.5. The van der Waals surface area contributed by atoms with Crippen molar-refractivity contribution in [2.75, 3.05) is 55.3 Å². The number of hydrogen-bond donors (Lipinski definition) is 3. The molecular weight excluding hydrogens is 413 g/mol. The molecule has 7 nitrogen and oxygen atoms in total. The van der Waals surface area contributed by atoms with Crippen molar-refractivity contribution in [3.05, 3.63) is 52.5 Å². The Bertz CT molecular complexity index is 847. The maximum Gasteiger partial charge on any atom is 0.322 e.